The van der Waals surface area contributed by atoms with Crippen molar-refractivity contribution in [3.05, 3.63) is 69.5 Å². The number of esters is 1. The van der Waals surface area contributed by atoms with Crippen LogP contribution >= 0.6 is 0 Å². The fraction of sp³-hybridized carbons (Fsp3) is 0.176. The Labute approximate surface area is 142 Å². The summed E-state index contributed by atoms with van der Waals surface area (Å²) < 4.78 is 18.4. The normalized spacial score (nSPS) is 11.5. The van der Waals surface area contributed by atoms with Gasteiger partial charge in [0.2, 0.25) is 5.82 Å². The molecule has 0 saturated heterocycles. The summed E-state index contributed by atoms with van der Waals surface area (Å²) in [4.78, 5) is 34.0. The predicted octanol–water partition coefficient (Wildman–Crippen LogP) is 3.23. The van der Waals surface area contributed by atoms with Crippen molar-refractivity contribution in [3.8, 4) is 0 Å². The summed E-state index contributed by atoms with van der Waals surface area (Å²) in [5.41, 5.74) is 0.299. The van der Waals surface area contributed by atoms with Crippen molar-refractivity contribution in [3.63, 3.8) is 0 Å². The second-order valence-corrected chi connectivity index (χ2v) is 5.28. The summed E-state index contributed by atoms with van der Waals surface area (Å²) in [5, 5.41) is 13.1. The first kappa shape index (κ1) is 18.1. The summed E-state index contributed by atoms with van der Waals surface area (Å²) >= 11 is 0. The number of rotatable bonds is 5. The van der Waals surface area contributed by atoms with E-state index in [1.165, 1.54) is 13.0 Å². The van der Waals surface area contributed by atoms with Gasteiger partial charge in [0, 0.05) is 11.8 Å². The van der Waals surface area contributed by atoms with Crippen LogP contribution in [0.1, 0.15) is 22.8 Å². The number of nitrogens with zero attached hydrogens (tertiary/aromatic N) is 1. The van der Waals surface area contributed by atoms with E-state index < -0.39 is 34.4 Å². The maximum absolute atomic E-state index is 13.3. The van der Waals surface area contributed by atoms with Crippen molar-refractivity contribution in [2.75, 3.05) is 5.32 Å². The second kappa shape index (κ2) is 7.52. The predicted molar refractivity (Wildman–Crippen MR) is 87.7 cm³/mol. The molecule has 0 aromatic heterocycles. The third-order valence-corrected chi connectivity index (χ3v) is 3.43. The average Bonchev–Trinajstić information content (AvgIpc) is 2.56. The Hall–Kier alpha value is -3.29. The van der Waals surface area contributed by atoms with E-state index in [1.54, 1.807) is 31.2 Å². The summed E-state index contributed by atoms with van der Waals surface area (Å²) in [5.74, 6) is -2.37. The zero-order valence-corrected chi connectivity index (χ0v) is 13.5. The molecule has 0 spiro atoms. The standard InChI is InChI=1S/C17H15FN2O5/c1-10-5-3-4-6-13(10)17(22)25-11(2)16(21)19-12-7-8-14(18)15(9-12)20(23)24/h3-9,11H,1-2H3,(H,19,21)/t11-/m1/s1. The minimum atomic E-state index is -1.14. The van der Waals surface area contributed by atoms with E-state index in [1.807, 2.05) is 0 Å². The van der Waals surface area contributed by atoms with Gasteiger partial charge in [0.1, 0.15) is 0 Å². The molecule has 0 bridgehead atoms. The van der Waals surface area contributed by atoms with Crippen molar-refractivity contribution in [2.45, 2.75) is 20.0 Å². The SMILES string of the molecule is Cc1ccccc1C(=O)O[C@H](C)C(=O)Nc1ccc(F)c([N+](=O)[O-])c1. The number of aryl methyl sites for hydroxylation is 1. The first-order valence-corrected chi connectivity index (χ1v) is 7.31. The zero-order valence-electron chi connectivity index (χ0n) is 13.5. The van der Waals surface area contributed by atoms with Gasteiger partial charge < -0.3 is 10.1 Å². The molecule has 2 aromatic carbocycles. The number of carbonyl (C=O) groups excluding carboxylic acids is 2. The van der Waals surface area contributed by atoms with E-state index >= 15 is 0 Å². The lowest BCUT2D eigenvalue weighted by atomic mass is 10.1. The molecule has 0 aliphatic heterocycles. The van der Waals surface area contributed by atoms with E-state index in [4.69, 9.17) is 4.74 Å². The average molecular weight is 346 g/mol. The third kappa shape index (κ3) is 4.37. The third-order valence-electron chi connectivity index (χ3n) is 3.43. The van der Waals surface area contributed by atoms with Gasteiger partial charge in [-0.15, -0.1) is 0 Å². The van der Waals surface area contributed by atoms with Crippen molar-refractivity contribution in [1.82, 2.24) is 0 Å². The van der Waals surface area contributed by atoms with E-state index in [9.17, 15) is 24.1 Å². The molecule has 0 fully saturated rings. The lowest BCUT2D eigenvalue weighted by Gasteiger charge is -2.14. The van der Waals surface area contributed by atoms with Crippen LogP contribution < -0.4 is 5.32 Å². The van der Waals surface area contributed by atoms with Gasteiger partial charge in [-0.3, -0.25) is 14.9 Å². The quantitative estimate of drug-likeness (QED) is 0.509. The highest BCUT2D eigenvalue weighted by molar-refractivity contribution is 5.97. The van der Waals surface area contributed by atoms with Crippen LogP contribution in [0.3, 0.4) is 0 Å². The van der Waals surface area contributed by atoms with Gasteiger partial charge in [0.15, 0.2) is 6.10 Å². The minimum absolute atomic E-state index is 0.0249. The number of ether oxygens (including phenoxy) is 1. The van der Waals surface area contributed by atoms with Crippen LogP contribution in [0.4, 0.5) is 15.8 Å². The number of nitro benzene ring substituents is 1. The van der Waals surface area contributed by atoms with Crippen molar-refractivity contribution < 1.29 is 23.6 Å². The van der Waals surface area contributed by atoms with Gasteiger partial charge in [-0.05, 0) is 37.6 Å². The van der Waals surface area contributed by atoms with Crippen LogP contribution in [0, 0.1) is 22.9 Å². The highest BCUT2D eigenvalue weighted by Gasteiger charge is 2.21. The monoisotopic (exact) mass is 346 g/mol. The maximum atomic E-state index is 13.3. The molecular weight excluding hydrogens is 331 g/mol. The molecule has 0 radical (unpaired) electrons. The van der Waals surface area contributed by atoms with Crippen molar-refractivity contribution >= 4 is 23.3 Å². The number of halogens is 1. The molecule has 2 aromatic rings. The fourth-order valence-electron chi connectivity index (χ4n) is 2.05. The van der Waals surface area contributed by atoms with Gasteiger partial charge in [-0.2, -0.15) is 4.39 Å². The largest absolute Gasteiger partial charge is 0.449 e. The second-order valence-electron chi connectivity index (χ2n) is 5.28. The van der Waals surface area contributed by atoms with Gasteiger partial charge in [-0.25, -0.2) is 4.79 Å². The molecule has 1 amide bonds. The number of hydrogen-bond acceptors (Lipinski definition) is 5. The molecule has 0 aliphatic carbocycles. The molecule has 0 saturated carbocycles. The molecule has 1 N–H and O–H groups in total. The zero-order chi connectivity index (χ0) is 18.6. The number of amides is 1. The Balaban J connectivity index is 2.06. The first-order valence-electron chi connectivity index (χ1n) is 7.31. The molecule has 0 aliphatic rings. The topological polar surface area (TPSA) is 98.5 Å². The molecule has 1 atom stereocenters. The summed E-state index contributed by atoms with van der Waals surface area (Å²) in [6, 6.07) is 9.69. The van der Waals surface area contributed by atoms with Gasteiger partial charge >= 0.3 is 11.7 Å². The lowest BCUT2D eigenvalue weighted by molar-refractivity contribution is -0.387. The number of hydrogen-bond donors (Lipinski definition) is 1. The molecule has 2 rings (SSSR count). The summed E-state index contributed by atoms with van der Waals surface area (Å²) in [6.07, 6.45) is -1.14. The van der Waals surface area contributed by atoms with E-state index in [2.05, 4.69) is 5.32 Å². The Bertz CT molecular complexity index is 838. The first-order chi connectivity index (χ1) is 11.8. The smallest absolute Gasteiger partial charge is 0.339 e. The Morgan fingerprint density at radius 2 is 1.92 bits per heavy atom. The maximum Gasteiger partial charge on any atom is 0.339 e. The highest BCUT2D eigenvalue weighted by Crippen LogP contribution is 2.22. The Kier molecular flexibility index (Phi) is 5.43. The summed E-state index contributed by atoms with van der Waals surface area (Å²) in [6.45, 7) is 3.10. The van der Waals surface area contributed by atoms with Crippen LogP contribution in [0.2, 0.25) is 0 Å². The van der Waals surface area contributed by atoms with Crippen molar-refractivity contribution in [1.29, 1.82) is 0 Å². The van der Waals surface area contributed by atoms with E-state index in [-0.39, 0.29) is 5.69 Å². The molecule has 130 valence electrons. The number of benzene rings is 2. The molecule has 0 unspecified atom stereocenters. The number of nitro groups is 1. The van der Waals surface area contributed by atoms with Gasteiger partial charge in [0.25, 0.3) is 5.91 Å². The van der Waals surface area contributed by atoms with Crippen molar-refractivity contribution in [2.24, 2.45) is 0 Å². The van der Waals surface area contributed by atoms with Crippen LogP contribution in [0.5, 0.6) is 0 Å². The summed E-state index contributed by atoms with van der Waals surface area (Å²) in [7, 11) is 0. The molecule has 8 heteroatoms. The number of carbonyl (C=O) groups is 2. The fourth-order valence-corrected chi connectivity index (χ4v) is 2.05. The van der Waals surface area contributed by atoms with Crippen LogP contribution in [-0.4, -0.2) is 22.9 Å². The number of anilines is 1. The highest BCUT2D eigenvalue weighted by atomic mass is 19.1. The molecule has 7 nitrogen and oxygen atoms in total. The minimum Gasteiger partial charge on any atom is -0.449 e. The molecule has 25 heavy (non-hydrogen) atoms. The van der Waals surface area contributed by atoms with Gasteiger partial charge in [0.05, 0.1) is 10.5 Å². The molecule has 0 heterocycles. The number of nitrogens with one attached hydrogen (secondary N) is 1. The van der Waals surface area contributed by atoms with Crippen LogP contribution in [0.15, 0.2) is 42.5 Å². The van der Waals surface area contributed by atoms with Crippen LogP contribution in [-0.2, 0) is 9.53 Å². The Morgan fingerprint density at radius 1 is 1.24 bits per heavy atom. The lowest BCUT2D eigenvalue weighted by Crippen LogP contribution is -2.30. The van der Waals surface area contributed by atoms with E-state index in [0.29, 0.717) is 11.1 Å². The Morgan fingerprint density at radius 3 is 2.56 bits per heavy atom. The van der Waals surface area contributed by atoms with E-state index in [0.717, 1.165) is 12.1 Å². The van der Waals surface area contributed by atoms with Crippen LogP contribution in [0.25, 0.3) is 0 Å². The molecular formula is C17H15FN2O5. The van der Waals surface area contributed by atoms with Gasteiger partial charge in [-0.1, -0.05) is 18.2 Å².